The molecule has 0 bridgehead atoms. The minimum absolute atomic E-state index is 0.0353. The largest absolute Gasteiger partial charge is 0.483 e. The second kappa shape index (κ2) is 12.1. The van der Waals surface area contributed by atoms with Crippen molar-refractivity contribution in [1.82, 2.24) is 24.4 Å². The van der Waals surface area contributed by atoms with E-state index in [2.05, 4.69) is 26.4 Å². The number of aryl methyl sites for hydroxylation is 1. The molecule has 2 aromatic heterocycles. The molecule has 6 rings (SSSR count). The van der Waals surface area contributed by atoms with Crippen LogP contribution in [0, 0.1) is 11.6 Å². The smallest absolute Gasteiger partial charge is 0.244 e. The lowest BCUT2D eigenvalue weighted by molar-refractivity contribution is -0.114. The van der Waals surface area contributed by atoms with Crippen LogP contribution in [0.25, 0.3) is 6.08 Å². The fourth-order valence-corrected chi connectivity index (χ4v) is 5.68. The van der Waals surface area contributed by atoms with E-state index >= 15 is 0 Å². The highest BCUT2D eigenvalue weighted by Crippen LogP contribution is 2.29. The molecule has 2 fully saturated rings. The minimum Gasteiger partial charge on any atom is -0.483 e. The van der Waals surface area contributed by atoms with Crippen LogP contribution >= 0.6 is 0 Å². The molecule has 0 spiro atoms. The van der Waals surface area contributed by atoms with Crippen LogP contribution in [0.1, 0.15) is 55.6 Å². The summed E-state index contributed by atoms with van der Waals surface area (Å²) in [6.07, 6.45) is 7.52. The Morgan fingerprint density at radius 1 is 1.19 bits per heavy atom. The Balaban J connectivity index is 1.08. The van der Waals surface area contributed by atoms with Gasteiger partial charge in [-0.25, -0.2) is 18.7 Å². The predicted octanol–water partition coefficient (Wildman–Crippen LogP) is 3.57. The molecule has 0 saturated carbocycles. The van der Waals surface area contributed by atoms with E-state index in [1.54, 1.807) is 12.3 Å². The third kappa shape index (κ3) is 6.29. The number of likely N-dealkylation sites (tertiary alicyclic amines) is 1. The molecule has 3 atom stereocenters. The number of nitrogens with two attached hydrogens (primary N) is 1. The van der Waals surface area contributed by atoms with E-state index in [-0.39, 0.29) is 36.5 Å². The number of hydrogen-bond acceptors (Lipinski definition) is 8. The Hall–Kier alpha value is -3.90. The van der Waals surface area contributed by atoms with Gasteiger partial charge in [-0.1, -0.05) is 0 Å². The number of primary amides is 1. The molecule has 2 N–H and O–H groups in total. The van der Waals surface area contributed by atoms with Crippen molar-refractivity contribution in [2.24, 2.45) is 5.73 Å². The number of benzene rings is 1. The maximum absolute atomic E-state index is 13.9. The van der Waals surface area contributed by atoms with Crippen LogP contribution < -0.4 is 15.2 Å². The normalized spacial score (nSPS) is 22.2. The van der Waals surface area contributed by atoms with Gasteiger partial charge in [0.2, 0.25) is 11.8 Å². The van der Waals surface area contributed by atoms with Crippen LogP contribution in [-0.4, -0.2) is 61.7 Å². The molecule has 2 aliphatic heterocycles. The molecule has 12 heteroatoms. The highest BCUT2D eigenvalue weighted by atomic mass is 19.1. The van der Waals surface area contributed by atoms with Crippen LogP contribution in [0.5, 0.6) is 11.6 Å². The zero-order valence-electron chi connectivity index (χ0n) is 23.5. The van der Waals surface area contributed by atoms with E-state index in [0.29, 0.717) is 43.2 Å². The molecule has 1 amide bonds. The van der Waals surface area contributed by atoms with E-state index in [1.807, 2.05) is 6.08 Å². The number of carbonyl (C=O) groups excluding carboxylic acids is 1. The number of ether oxygens (including phenoxy) is 3. The minimum atomic E-state index is -0.783. The van der Waals surface area contributed by atoms with Crippen molar-refractivity contribution in [1.29, 1.82) is 0 Å². The maximum atomic E-state index is 13.9. The number of fused-ring (bicyclic) bond motifs is 1. The molecular weight excluding hydrogens is 546 g/mol. The van der Waals surface area contributed by atoms with Crippen molar-refractivity contribution < 1.29 is 27.8 Å². The Bertz CT molecular complexity index is 1490. The van der Waals surface area contributed by atoms with Crippen molar-refractivity contribution in [2.45, 2.75) is 77.0 Å². The van der Waals surface area contributed by atoms with Crippen LogP contribution in [-0.2, 0) is 35.6 Å². The van der Waals surface area contributed by atoms with E-state index in [4.69, 9.17) is 24.9 Å². The van der Waals surface area contributed by atoms with Crippen LogP contribution in [0.4, 0.5) is 8.78 Å². The van der Waals surface area contributed by atoms with Crippen molar-refractivity contribution >= 4 is 12.0 Å². The molecule has 0 radical (unpaired) electrons. The third-order valence-corrected chi connectivity index (χ3v) is 8.13. The Morgan fingerprint density at radius 2 is 2.05 bits per heavy atom. The van der Waals surface area contributed by atoms with Crippen LogP contribution in [0.15, 0.2) is 36.0 Å². The summed E-state index contributed by atoms with van der Waals surface area (Å²) >= 11 is 0. The molecule has 4 heterocycles. The third-order valence-electron chi connectivity index (χ3n) is 8.13. The summed E-state index contributed by atoms with van der Waals surface area (Å²) in [5.41, 5.74) is 8.20. The Labute approximate surface area is 242 Å². The van der Waals surface area contributed by atoms with E-state index in [0.717, 1.165) is 61.8 Å². The van der Waals surface area contributed by atoms with Gasteiger partial charge in [-0.05, 0) is 57.2 Å². The maximum Gasteiger partial charge on any atom is 0.244 e. The number of aromatic nitrogens is 4. The quantitative estimate of drug-likeness (QED) is 0.387. The number of rotatable bonds is 10. The molecule has 3 aromatic rings. The molecule has 222 valence electrons. The molecule has 1 aliphatic carbocycles. The molecular formula is C30H34F2N6O4. The number of halogens is 2. The number of piperidine rings is 1. The van der Waals surface area contributed by atoms with Crippen molar-refractivity contribution in [3.63, 3.8) is 0 Å². The van der Waals surface area contributed by atoms with Gasteiger partial charge >= 0.3 is 0 Å². The first-order valence-corrected chi connectivity index (χ1v) is 14.3. The van der Waals surface area contributed by atoms with E-state index < -0.39 is 11.6 Å². The van der Waals surface area contributed by atoms with Crippen molar-refractivity contribution in [2.75, 3.05) is 13.2 Å². The summed E-state index contributed by atoms with van der Waals surface area (Å²) in [6, 6.07) is 5.06. The monoisotopic (exact) mass is 580 g/mol. The second-order valence-electron chi connectivity index (χ2n) is 11.0. The SMILES string of the molecule is C[C@H]1C[C@@H](Oc2ccnc(COc3ccc(F)cc3F)n2)CCN1Cc1nc2c(n1C[C@@H]1CCO1)C=C(C(N)=O)CC2. The van der Waals surface area contributed by atoms with Gasteiger partial charge in [0.25, 0.3) is 0 Å². The molecule has 2 saturated heterocycles. The van der Waals surface area contributed by atoms with Gasteiger partial charge in [0.15, 0.2) is 17.4 Å². The van der Waals surface area contributed by atoms with Crippen LogP contribution in [0.2, 0.25) is 0 Å². The van der Waals surface area contributed by atoms with E-state index in [9.17, 15) is 13.6 Å². The van der Waals surface area contributed by atoms with Gasteiger partial charge in [-0.3, -0.25) is 9.69 Å². The fraction of sp³-hybridized carbons (Fsp3) is 0.467. The van der Waals surface area contributed by atoms with Gasteiger partial charge in [-0.2, -0.15) is 4.98 Å². The standard InChI is InChI=1S/C30H34F2N6O4/c1-18-12-21(42-29-6-9-34-27(36-29)17-41-26-5-3-20(31)14-23(26)32)7-10-37(18)16-28-35-24-4-2-19(30(33)39)13-25(24)38(28)15-22-8-11-40-22/h3,5-6,9,13-14,18,21-22H,2,4,7-8,10-12,15-17H2,1H3,(H2,33,39)/t18-,21-,22-/m0/s1. The predicted molar refractivity (Wildman–Crippen MR) is 148 cm³/mol. The lowest BCUT2D eigenvalue weighted by atomic mass is 9.99. The number of amides is 1. The average molecular weight is 581 g/mol. The van der Waals surface area contributed by atoms with Crippen molar-refractivity contribution in [3.05, 3.63) is 70.7 Å². The van der Waals surface area contributed by atoms with Gasteiger partial charge in [0, 0.05) is 43.1 Å². The Morgan fingerprint density at radius 3 is 2.79 bits per heavy atom. The first-order valence-electron chi connectivity index (χ1n) is 14.3. The van der Waals surface area contributed by atoms with Gasteiger partial charge < -0.3 is 24.5 Å². The molecule has 3 aliphatic rings. The number of hydrogen-bond donors (Lipinski definition) is 1. The summed E-state index contributed by atoms with van der Waals surface area (Å²) in [6.45, 7) is 5.09. The summed E-state index contributed by atoms with van der Waals surface area (Å²) < 4.78 is 46.6. The van der Waals surface area contributed by atoms with E-state index in [1.165, 1.54) is 6.07 Å². The van der Waals surface area contributed by atoms with Gasteiger partial charge in [-0.15, -0.1) is 0 Å². The summed E-state index contributed by atoms with van der Waals surface area (Å²) in [5.74, 6) is -0.170. The molecule has 0 unspecified atom stereocenters. The lowest BCUT2D eigenvalue weighted by Gasteiger charge is -2.37. The zero-order chi connectivity index (χ0) is 29.2. The topological polar surface area (TPSA) is 118 Å². The highest BCUT2D eigenvalue weighted by Gasteiger charge is 2.31. The average Bonchev–Trinajstić information content (AvgIpc) is 3.28. The highest BCUT2D eigenvalue weighted by molar-refractivity contribution is 5.97. The van der Waals surface area contributed by atoms with Gasteiger partial charge in [0.1, 0.15) is 24.4 Å². The fourth-order valence-electron chi connectivity index (χ4n) is 5.68. The second-order valence-corrected chi connectivity index (χ2v) is 11.0. The van der Waals surface area contributed by atoms with Crippen LogP contribution in [0.3, 0.4) is 0 Å². The Kier molecular flexibility index (Phi) is 8.16. The van der Waals surface area contributed by atoms with Crippen molar-refractivity contribution in [3.8, 4) is 11.6 Å². The first-order chi connectivity index (χ1) is 20.3. The zero-order valence-corrected chi connectivity index (χ0v) is 23.5. The molecule has 1 aromatic carbocycles. The number of carbonyl (C=O) groups is 1. The molecule has 42 heavy (non-hydrogen) atoms. The van der Waals surface area contributed by atoms with Gasteiger partial charge in [0.05, 0.1) is 30.6 Å². The lowest BCUT2D eigenvalue weighted by Crippen LogP contribution is -2.44. The molecule has 10 nitrogen and oxygen atoms in total. The first kappa shape index (κ1) is 28.2. The number of imidazole rings is 1. The summed E-state index contributed by atoms with van der Waals surface area (Å²) in [4.78, 5) is 27.9. The summed E-state index contributed by atoms with van der Waals surface area (Å²) in [7, 11) is 0. The summed E-state index contributed by atoms with van der Waals surface area (Å²) in [5, 5.41) is 0. The number of nitrogens with zero attached hydrogens (tertiary/aromatic N) is 5.